The van der Waals surface area contributed by atoms with Crippen LogP contribution in [0.25, 0.3) is 0 Å². The zero-order valence-electron chi connectivity index (χ0n) is 16.0. The van der Waals surface area contributed by atoms with Gasteiger partial charge in [0.1, 0.15) is 12.7 Å². The SMILES string of the molecule is O=C(Nc1cccc(Cn2cncn2)c1)Nc1cccc(Cn2cccnc2=O)c1. The molecule has 2 amide bonds. The van der Waals surface area contributed by atoms with Crippen LogP contribution in [0.3, 0.4) is 0 Å². The lowest BCUT2D eigenvalue weighted by Crippen LogP contribution is -2.22. The molecule has 0 aliphatic rings. The van der Waals surface area contributed by atoms with Gasteiger partial charge in [-0.05, 0) is 41.5 Å². The molecule has 0 spiro atoms. The number of urea groups is 1. The lowest BCUT2D eigenvalue weighted by molar-refractivity contribution is 0.262. The number of aromatic nitrogens is 5. The fourth-order valence-corrected chi connectivity index (χ4v) is 2.99. The maximum atomic E-state index is 12.4. The number of anilines is 2. The van der Waals surface area contributed by atoms with Crippen molar-refractivity contribution in [2.45, 2.75) is 13.1 Å². The van der Waals surface area contributed by atoms with Crippen molar-refractivity contribution >= 4 is 17.4 Å². The van der Waals surface area contributed by atoms with Gasteiger partial charge in [-0.1, -0.05) is 24.3 Å². The van der Waals surface area contributed by atoms with E-state index in [1.807, 2.05) is 42.5 Å². The summed E-state index contributed by atoms with van der Waals surface area (Å²) in [6, 6.07) is 16.2. The smallest absolute Gasteiger partial charge is 0.308 e. The molecule has 0 aliphatic heterocycles. The number of hydrogen-bond acceptors (Lipinski definition) is 5. The Hall–Kier alpha value is -4.27. The molecule has 2 aromatic carbocycles. The van der Waals surface area contributed by atoms with Crippen molar-refractivity contribution in [2.24, 2.45) is 0 Å². The van der Waals surface area contributed by atoms with E-state index in [2.05, 4.69) is 25.7 Å². The average molecular weight is 401 g/mol. The first-order valence-corrected chi connectivity index (χ1v) is 9.25. The highest BCUT2D eigenvalue weighted by molar-refractivity contribution is 5.99. The van der Waals surface area contributed by atoms with Gasteiger partial charge in [0, 0.05) is 23.8 Å². The third-order valence-corrected chi connectivity index (χ3v) is 4.32. The second-order valence-electron chi connectivity index (χ2n) is 6.60. The number of carbonyl (C=O) groups excluding carboxylic acids is 1. The lowest BCUT2D eigenvalue weighted by atomic mass is 10.2. The van der Waals surface area contributed by atoms with Gasteiger partial charge < -0.3 is 10.6 Å². The second-order valence-corrected chi connectivity index (χ2v) is 6.60. The minimum Gasteiger partial charge on any atom is -0.308 e. The van der Waals surface area contributed by atoms with Crippen LogP contribution in [0.4, 0.5) is 16.2 Å². The van der Waals surface area contributed by atoms with Crippen molar-refractivity contribution in [3.05, 3.63) is 101 Å². The van der Waals surface area contributed by atoms with Crippen molar-refractivity contribution in [1.82, 2.24) is 24.3 Å². The largest absolute Gasteiger partial charge is 0.347 e. The maximum Gasteiger partial charge on any atom is 0.347 e. The standard InChI is InChI=1S/C21H19N7O2/c29-20(26-19-7-2-5-17(11-19)13-28-15-22-14-24-28)25-18-6-1-4-16(10-18)12-27-9-3-8-23-21(27)30/h1-11,14-15H,12-13H2,(H2,25,26,29). The molecule has 2 heterocycles. The fourth-order valence-electron chi connectivity index (χ4n) is 2.99. The molecule has 2 aromatic heterocycles. The molecule has 0 saturated carbocycles. The molecule has 0 saturated heterocycles. The van der Waals surface area contributed by atoms with Crippen LogP contribution in [0.15, 0.2) is 84.4 Å². The van der Waals surface area contributed by atoms with Crippen LogP contribution < -0.4 is 16.3 Å². The van der Waals surface area contributed by atoms with Crippen molar-refractivity contribution in [3.63, 3.8) is 0 Å². The number of rotatable bonds is 6. The van der Waals surface area contributed by atoms with E-state index < -0.39 is 0 Å². The van der Waals surface area contributed by atoms with Gasteiger partial charge in [0.15, 0.2) is 0 Å². The Morgan fingerprint density at radius 3 is 2.27 bits per heavy atom. The quantitative estimate of drug-likeness (QED) is 0.516. The molecule has 30 heavy (non-hydrogen) atoms. The molecule has 0 fully saturated rings. The minimum absolute atomic E-state index is 0.320. The van der Waals surface area contributed by atoms with Crippen molar-refractivity contribution < 1.29 is 4.79 Å². The summed E-state index contributed by atoms with van der Waals surface area (Å²) in [7, 11) is 0. The number of carbonyl (C=O) groups is 1. The van der Waals surface area contributed by atoms with Gasteiger partial charge in [-0.15, -0.1) is 0 Å². The summed E-state index contributed by atoms with van der Waals surface area (Å²) >= 11 is 0. The van der Waals surface area contributed by atoms with Gasteiger partial charge in [0.05, 0.1) is 13.1 Å². The summed E-state index contributed by atoms with van der Waals surface area (Å²) in [4.78, 5) is 31.9. The highest BCUT2D eigenvalue weighted by Gasteiger charge is 2.06. The van der Waals surface area contributed by atoms with Gasteiger partial charge in [0.25, 0.3) is 0 Å². The molecule has 150 valence electrons. The van der Waals surface area contributed by atoms with E-state index in [0.29, 0.717) is 24.5 Å². The average Bonchev–Trinajstić information content (AvgIpc) is 3.23. The summed E-state index contributed by atoms with van der Waals surface area (Å²) in [6.07, 6.45) is 6.25. The third-order valence-electron chi connectivity index (χ3n) is 4.32. The van der Waals surface area contributed by atoms with Crippen LogP contribution in [0.2, 0.25) is 0 Å². The van der Waals surface area contributed by atoms with Crippen molar-refractivity contribution in [1.29, 1.82) is 0 Å². The fraction of sp³-hybridized carbons (Fsp3) is 0.0952. The van der Waals surface area contributed by atoms with Gasteiger partial charge in [-0.25, -0.2) is 24.2 Å². The summed E-state index contributed by atoms with van der Waals surface area (Å²) in [5.74, 6) is 0. The highest BCUT2D eigenvalue weighted by Crippen LogP contribution is 2.14. The van der Waals surface area contributed by atoms with Gasteiger partial charge in [0.2, 0.25) is 0 Å². The molecular weight excluding hydrogens is 382 g/mol. The van der Waals surface area contributed by atoms with Crippen LogP contribution in [-0.4, -0.2) is 30.3 Å². The second kappa shape index (κ2) is 8.82. The Bertz CT molecular complexity index is 1200. The molecule has 0 bridgehead atoms. The normalized spacial score (nSPS) is 10.5. The molecule has 0 aliphatic carbocycles. The topological polar surface area (TPSA) is 107 Å². The van der Waals surface area contributed by atoms with Crippen LogP contribution >= 0.6 is 0 Å². The van der Waals surface area contributed by atoms with E-state index in [1.165, 1.54) is 17.1 Å². The number of amides is 2. The molecule has 0 radical (unpaired) electrons. The number of hydrogen-bond donors (Lipinski definition) is 2. The van der Waals surface area contributed by atoms with E-state index in [4.69, 9.17) is 0 Å². The van der Waals surface area contributed by atoms with E-state index in [1.54, 1.807) is 29.3 Å². The summed E-state index contributed by atoms with van der Waals surface area (Å²) < 4.78 is 3.21. The summed E-state index contributed by atoms with van der Waals surface area (Å²) in [5, 5.41) is 9.73. The Labute approximate surface area is 172 Å². The van der Waals surface area contributed by atoms with E-state index in [0.717, 1.165) is 11.1 Å². The monoisotopic (exact) mass is 401 g/mol. The summed E-state index contributed by atoms with van der Waals surface area (Å²) in [5.41, 5.74) is 2.84. The van der Waals surface area contributed by atoms with E-state index >= 15 is 0 Å². The Morgan fingerprint density at radius 2 is 1.63 bits per heavy atom. The molecule has 0 atom stereocenters. The molecule has 9 heteroatoms. The third kappa shape index (κ3) is 4.96. The van der Waals surface area contributed by atoms with Crippen molar-refractivity contribution in [3.8, 4) is 0 Å². The Kier molecular flexibility index (Phi) is 5.61. The zero-order valence-corrected chi connectivity index (χ0v) is 16.0. The van der Waals surface area contributed by atoms with Crippen LogP contribution in [0.5, 0.6) is 0 Å². The van der Waals surface area contributed by atoms with Crippen LogP contribution in [0.1, 0.15) is 11.1 Å². The molecule has 0 unspecified atom stereocenters. The van der Waals surface area contributed by atoms with Gasteiger partial charge in [-0.2, -0.15) is 5.10 Å². The number of nitrogens with one attached hydrogen (secondary N) is 2. The predicted octanol–water partition coefficient (Wildman–Crippen LogP) is 2.58. The van der Waals surface area contributed by atoms with Crippen LogP contribution in [-0.2, 0) is 13.1 Å². The number of nitrogens with zero attached hydrogens (tertiary/aromatic N) is 5. The lowest BCUT2D eigenvalue weighted by Gasteiger charge is -2.11. The first-order valence-electron chi connectivity index (χ1n) is 9.25. The minimum atomic E-state index is -0.358. The summed E-state index contributed by atoms with van der Waals surface area (Å²) in [6.45, 7) is 0.932. The molecular formula is C21H19N7O2. The van der Waals surface area contributed by atoms with E-state index in [9.17, 15) is 9.59 Å². The van der Waals surface area contributed by atoms with Crippen molar-refractivity contribution in [2.75, 3.05) is 10.6 Å². The zero-order chi connectivity index (χ0) is 20.8. The molecule has 4 rings (SSSR count). The first-order chi connectivity index (χ1) is 14.7. The highest BCUT2D eigenvalue weighted by atomic mass is 16.2. The molecule has 9 nitrogen and oxygen atoms in total. The van der Waals surface area contributed by atoms with Gasteiger partial charge in [-0.3, -0.25) is 4.57 Å². The van der Waals surface area contributed by atoms with Gasteiger partial charge >= 0.3 is 11.7 Å². The molecule has 2 N–H and O–H groups in total. The molecule has 4 aromatic rings. The Balaban J connectivity index is 1.39. The predicted molar refractivity (Wildman–Crippen MR) is 112 cm³/mol. The Morgan fingerprint density at radius 1 is 0.933 bits per heavy atom. The first kappa shape index (κ1) is 19.1. The van der Waals surface area contributed by atoms with Crippen LogP contribution in [0, 0.1) is 0 Å². The van der Waals surface area contributed by atoms with E-state index in [-0.39, 0.29) is 11.7 Å². The maximum absolute atomic E-state index is 12.4. The number of benzene rings is 2.